The van der Waals surface area contributed by atoms with Gasteiger partial charge < -0.3 is 4.90 Å². The Morgan fingerprint density at radius 3 is 2.11 bits per heavy atom. The molecule has 0 aromatic heterocycles. The van der Waals surface area contributed by atoms with Crippen molar-refractivity contribution >= 4 is 5.91 Å². The number of halogens is 3. The Hall–Kier alpha value is -1.52. The van der Waals surface area contributed by atoms with Gasteiger partial charge in [-0.1, -0.05) is 13.8 Å². The standard InChI is InChI=1S/C13H16F3NO/c1-3-7-17(8-4-2)13(18)9-5-6-10(14)12(16)11(9)15/h5-6H,3-4,7-8H2,1-2H3. The van der Waals surface area contributed by atoms with Gasteiger partial charge in [-0.25, -0.2) is 13.2 Å². The fourth-order valence-corrected chi connectivity index (χ4v) is 1.72. The van der Waals surface area contributed by atoms with Gasteiger partial charge in [0.15, 0.2) is 17.5 Å². The van der Waals surface area contributed by atoms with E-state index in [9.17, 15) is 18.0 Å². The van der Waals surface area contributed by atoms with Crippen molar-refractivity contribution in [3.8, 4) is 0 Å². The maximum atomic E-state index is 13.5. The molecular formula is C13H16F3NO. The highest BCUT2D eigenvalue weighted by Gasteiger charge is 2.22. The fraction of sp³-hybridized carbons (Fsp3) is 0.462. The van der Waals surface area contributed by atoms with Crippen LogP contribution in [0.25, 0.3) is 0 Å². The molecule has 0 saturated carbocycles. The molecule has 18 heavy (non-hydrogen) atoms. The number of hydrogen-bond donors (Lipinski definition) is 0. The SMILES string of the molecule is CCCN(CCC)C(=O)c1ccc(F)c(F)c1F. The minimum atomic E-state index is -1.60. The number of hydrogen-bond acceptors (Lipinski definition) is 1. The maximum absolute atomic E-state index is 13.5. The molecular weight excluding hydrogens is 243 g/mol. The van der Waals surface area contributed by atoms with Crippen LogP contribution in [-0.4, -0.2) is 23.9 Å². The first kappa shape index (κ1) is 14.5. The van der Waals surface area contributed by atoms with Gasteiger partial charge in [0, 0.05) is 13.1 Å². The normalized spacial score (nSPS) is 10.5. The fourth-order valence-electron chi connectivity index (χ4n) is 1.72. The van der Waals surface area contributed by atoms with Crippen LogP contribution in [0.2, 0.25) is 0 Å². The van der Waals surface area contributed by atoms with Crippen molar-refractivity contribution < 1.29 is 18.0 Å². The van der Waals surface area contributed by atoms with E-state index in [1.54, 1.807) is 0 Å². The van der Waals surface area contributed by atoms with Gasteiger partial charge in [-0.05, 0) is 25.0 Å². The third-order valence-electron chi connectivity index (χ3n) is 2.54. The Morgan fingerprint density at radius 1 is 1.06 bits per heavy atom. The average molecular weight is 259 g/mol. The minimum Gasteiger partial charge on any atom is -0.339 e. The summed E-state index contributed by atoms with van der Waals surface area (Å²) in [5.41, 5.74) is -0.421. The van der Waals surface area contributed by atoms with Gasteiger partial charge >= 0.3 is 0 Å². The number of carbonyl (C=O) groups excluding carboxylic acids is 1. The zero-order valence-electron chi connectivity index (χ0n) is 10.5. The van der Waals surface area contributed by atoms with E-state index in [0.717, 1.165) is 25.0 Å². The van der Waals surface area contributed by atoms with Crippen LogP contribution in [0.5, 0.6) is 0 Å². The molecule has 0 aliphatic heterocycles. The monoisotopic (exact) mass is 259 g/mol. The zero-order valence-corrected chi connectivity index (χ0v) is 10.5. The van der Waals surface area contributed by atoms with Gasteiger partial charge in [0.05, 0.1) is 5.56 Å². The highest BCUT2D eigenvalue weighted by Crippen LogP contribution is 2.17. The van der Waals surface area contributed by atoms with Crippen molar-refractivity contribution in [3.63, 3.8) is 0 Å². The second-order valence-corrected chi connectivity index (χ2v) is 4.02. The molecule has 0 aliphatic carbocycles. The van der Waals surface area contributed by atoms with Crippen molar-refractivity contribution in [2.24, 2.45) is 0 Å². The van der Waals surface area contributed by atoms with E-state index in [1.165, 1.54) is 4.90 Å². The van der Waals surface area contributed by atoms with E-state index in [1.807, 2.05) is 13.8 Å². The molecule has 5 heteroatoms. The van der Waals surface area contributed by atoms with Crippen LogP contribution >= 0.6 is 0 Å². The summed E-state index contributed by atoms with van der Waals surface area (Å²) in [6, 6.07) is 1.75. The summed E-state index contributed by atoms with van der Waals surface area (Å²) in [5, 5.41) is 0. The van der Waals surface area contributed by atoms with Crippen molar-refractivity contribution in [1.82, 2.24) is 4.90 Å². The first-order valence-electron chi connectivity index (χ1n) is 5.95. The number of benzene rings is 1. The van der Waals surface area contributed by atoms with Crippen LogP contribution in [0.1, 0.15) is 37.0 Å². The van der Waals surface area contributed by atoms with Crippen molar-refractivity contribution in [1.29, 1.82) is 0 Å². The molecule has 1 amide bonds. The van der Waals surface area contributed by atoms with Crippen molar-refractivity contribution in [3.05, 3.63) is 35.1 Å². The molecule has 0 spiro atoms. The predicted molar refractivity (Wildman–Crippen MR) is 62.8 cm³/mol. The lowest BCUT2D eigenvalue weighted by Crippen LogP contribution is -2.33. The van der Waals surface area contributed by atoms with Crippen LogP contribution in [0, 0.1) is 17.5 Å². The number of nitrogens with zero attached hydrogens (tertiary/aromatic N) is 1. The molecule has 1 rings (SSSR count). The van der Waals surface area contributed by atoms with Crippen molar-refractivity contribution in [2.45, 2.75) is 26.7 Å². The Bertz CT molecular complexity index is 428. The summed E-state index contributed by atoms with van der Waals surface area (Å²) in [6.07, 6.45) is 1.44. The predicted octanol–water partition coefficient (Wildman–Crippen LogP) is 3.37. The quantitative estimate of drug-likeness (QED) is 0.742. The molecule has 1 aromatic carbocycles. The number of rotatable bonds is 5. The van der Waals surface area contributed by atoms with Gasteiger partial charge in [-0.15, -0.1) is 0 Å². The molecule has 0 heterocycles. The first-order valence-corrected chi connectivity index (χ1v) is 5.95. The molecule has 0 aliphatic rings. The van der Waals surface area contributed by atoms with Gasteiger partial charge in [0.25, 0.3) is 5.91 Å². The Kier molecular flexibility index (Phi) is 5.19. The van der Waals surface area contributed by atoms with Crippen LogP contribution in [0.4, 0.5) is 13.2 Å². The summed E-state index contributed by atoms with van der Waals surface area (Å²) >= 11 is 0. The highest BCUT2D eigenvalue weighted by atomic mass is 19.2. The lowest BCUT2D eigenvalue weighted by atomic mass is 10.1. The van der Waals surface area contributed by atoms with Crippen LogP contribution < -0.4 is 0 Å². The van der Waals surface area contributed by atoms with Crippen LogP contribution in [0.15, 0.2) is 12.1 Å². The van der Waals surface area contributed by atoms with E-state index in [-0.39, 0.29) is 0 Å². The third kappa shape index (κ3) is 3.03. The topological polar surface area (TPSA) is 20.3 Å². The number of carbonyl (C=O) groups is 1. The smallest absolute Gasteiger partial charge is 0.256 e. The molecule has 0 radical (unpaired) electrons. The molecule has 0 atom stereocenters. The minimum absolute atomic E-state index is 0.421. The highest BCUT2D eigenvalue weighted by molar-refractivity contribution is 5.94. The first-order chi connectivity index (χ1) is 8.52. The summed E-state index contributed by atoms with van der Waals surface area (Å²) in [5.74, 6) is -4.91. The summed E-state index contributed by atoms with van der Waals surface area (Å²) in [4.78, 5) is 13.4. The largest absolute Gasteiger partial charge is 0.339 e. The summed E-state index contributed by atoms with van der Waals surface area (Å²) < 4.78 is 39.3. The molecule has 2 nitrogen and oxygen atoms in total. The van der Waals surface area contributed by atoms with Crippen molar-refractivity contribution in [2.75, 3.05) is 13.1 Å². The van der Waals surface area contributed by atoms with Crippen LogP contribution in [-0.2, 0) is 0 Å². The van der Waals surface area contributed by atoms with Gasteiger partial charge in [0.2, 0.25) is 0 Å². The summed E-state index contributed by atoms with van der Waals surface area (Å²) in [7, 11) is 0. The van der Waals surface area contributed by atoms with E-state index < -0.39 is 28.9 Å². The molecule has 0 N–H and O–H groups in total. The van der Waals surface area contributed by atoms with E-state index >= 15 is 0 Å². The van der Waals surface area contributed by atoms with Crippen LogP contribution in [0.3, 0.4) is 0 Å². The molecule has 100 valence electrons. The Morgan fingerprint density at radius 2 is 1.61 bits per heavy atom. The molecule has 1 aromatic rings. The lowest BCUT2D eigenvalue weighted by Gasteiger charge is -2.21. The second kappa shape index (κ2) is 6.42. The third-order valence-corrected chi connectivity index (χ3v) is 2.54. The molecule has 0 bridgehead atoms. The van der Waals surface area contributed by atoms with Gasteiger partial charge in [0.1, 0.15) is 0 Å². The Balaban J connectivity index is 3.05. The van der Waals surface area contributed by atoms with E-state index in [0.29, 0.717) is 13.1 Å². The average Bonchev–Trinajstić information content (AvgIpc) is 2.35. The maximum Gasteiger partial charge on any atom is 0.256 e. The van der Waals surface area contributed by atoms with E-state index in [2.05, 4.69) is 0 Å². The lowest BCUT2D eigenvalue weighted by molar-refractivity contribution is 0.0749. The zero-order chi connectivity index (χ0) is 13.7. The number of amides is 1. The van der Waals surface area contributed by atoms with Gasteiger partial charge in [-0.2, -0.15) is 0 Å². The Labute approximate surface area is 104 Å². The van der Waals surface area contributed by atoms with Gasteiger partial charge in [-0.3, -0.25) is 4.79 Å². The molecule has 0 saturated heterocycles. The van der Waals surface area contributed by atoms with E-state index in [4.69, 9.17) is 0 Å². The molecule has 0 unspecified atom stereocenters. The molecule has 0 fully saturated rings. The second-order valence-electron chi connectivity index (χ2n) is 4.02. The summed E-state index contributed by atoms with van der Waals surface area (Å²) in [6.45, 7) is 4.70.